The van der Waals surface area contributed by atoms with E-state index in [1.165, 1.54) is 24.3 Å². The molecular formula is C18H21F2IN4O2. The van der Waals surface area contributed by atoms with E-state index in [-0.39, 0.29) is 29.7 Å². The van der Waals surface area contributed by atoms with Crippen molar-refractivity contribution in [3.8, 4) is 0 Å². The summed E-state index contributed by atoms with van der Waals surface area (Å²) in [5.41, 5.74) is 1.14. The smallest absolute Gasteiger partial charge is 0.269 e. The molecule has 0 radical (unpaired) electrons. The van der Waals surface area contributed by atoms with Crippen LogP contribution in [0.4, 0.5) is 14.5 Å². The number of nitro benzene ring substituents is 1. The predicted molar refractivity (Wildman–Crippen MR) is 111 cm³/mol. The lowest BCUT2D eigenvalue weighted by Crippen LogP contribution is -2.39. The van der Waals surface area contributed by atoms with Crippen LogP contribution in [0, 0.1) is 21.7 Å². The molecule has 0 aliphatic rings. The van der Waals surface area contributed by atoms with Crippen LogP contribution in [0.1, 0.15) is 31.0 Å². The standard InChI is InChI=1S/C18H20F2N4O2.HI/c1-3-21-18(22-11-13-4-7-15(8-5-13)24(25)26)23-12(2)16-9-6-14(19)10-17(16)20;/h4-10,12H,3,11H2,1-2H3,(H2,21,22,23);1H. The molecule has 2 aromatic carbocycles. The number of hydrogen-bond donors (Lipinski definition) is 2. The number of non-ortho nitro benzene ring substituents is 1. The monoisotopic (exact) mass is 490 g/mol. The highest BCUT2D eigenvalue weighted by Crippen LogP contribution is 2.18. The molecule has 9 heteroatoms. The molecule has 0 saturated carbocycles. The molecule has 1 unspecified atom stereocenters. The Kier molecular flexibility index (Phi) is 9.06. The van der Waals surface area contributed by atoms with E-state index in [0.717, 1.165) is 11.6 Å². The molecule has 0 aromatic heterocycles. The number of aliphatic imine (C=N–C) groups is 1. The number of nitrogens with one attached hydrogen (secondary N) is 2. The molecule has 146 valence electrons. The molecule has 0 bridgehead atoms. The van der Waals surface area contributed by atoms with Crippen molar-refractivity contribution in [3.05, 3.63) is 75.3 Å². The van der Waals surface area contributed by atoms with E-state index in [1.54, 1.807) is 19.1 Å². The zero-order chi connectivity index (χ0) is 19.1. The molecule has 0 saturated heterocycles. The van der Waals surface area contributed by atoms with Crippen molar-refractivity contribution >= 4 is 35.6 Å². The largest absolute Gasteiger partial charge is 0.357 e. The lowest BCUT2D eigenvalue weighted by molar-refractivity contribution is -0.384. The summed E-state index contributed by atoms with van der Waals surface area (Å²) in [6, 6.07) is 9.12. The lowest BCUT2D eigenvalue weighted by atomic mass is 10.1. The van der Waals surface area contributed by atoms with Crippen molar-refractivity contribution in [2.24, 2.45) is 4.99 Å². The van der Waals surface area contributed by atoms with Gasteiger partial charge in [0.1, 0.15) is 11.6 Å². The van der Waals surface area contributed by atoms with Crippen molar-refractivity contribution in [1.82, 2.24) is 10.6 Å². The maximum absolute atomic E-state index is 13.9. The second kappa shape index (κ2) is 10.8. The zero-order valence-electron chi connectivity index (χ0n) is 14.9. The first-order chi connectivity index (χ1) is 12.4. The van der Waals surface area contributed by atoms with E-state index in [0.29, 0.717) is 24.6 Å². The van der Waals surface area contributed by atoms with E-state index < -0.39 is 22.6 Å². The maximum atomic E-state index is 13.9. The van der Waals surface area contributed by atoms with Gasteiger partial charge in [-0.05, 0) is 25.5 Å². The van der Waals surface area contributed by atoms with Gasteiger partial charge in [-0.15, -0.1) is 24.0 Å². The van der Waals surface area contributed by atoms with Gasteiger partial charge in [0.05, 0.1) is 17.5 Å². The van der Waals surface area contributed by atoms with Crippen LogP contribution in [0.5, 0.6) is 0 Å². The molecule has 0 heterocycles. The average Bonchev–Trinajstić information content (AvgIpc) is 2.60. The fourth-order valence-corrected chi connectivity index (χ4v) is 2.35. The molecule has 27 heavy (non-hydrogen) atoms. The molecule has 1 atom stereocenters. The van der Waals surface area contributed by atoms with Crippen molar-refractivity contribution < 1.29 is 13.7 Å². The Labute approximate surface area is 173 Å². The molecule has 2 aromatic rings. The number of benzene rings is 2. The lowest BCUT2D eigenvalue weighted by Gasteiger charge is -2.18. The quantitative estimate of drug-likeness (QED) is 0.208. The van der Waals surface area contributed by atoms with Crippen LogP contribution in [0.15, 0.2) is 47.5 Å². The molecule has 0 fully saturated rings. The summed E-state index contributed by atoms with van der Waals surface area (Å²) >= 11 is 0. The number of guanidine groups is 1. The van der Waals surface area contributed by atoms with Crippen molar-refractivity contribution in [1.29, 1.82) is 0 Å². The average molecular weight is 490 g/mol. The van der Waals surface area contributed by atoms with Gasteiger partial charge in [0, 0.05) is 30.3 Å². The van der Waals surface area contributed by atoms with Crippen LogP contribution in [0.3, 0.4) is 0 Å². The number of halogens is 3. The topological polar surface area (TPSA) is 79.6 Å². The van der Waals surface area contributed by atoms with Crippen LogP contribution < -0.4 is 10.6 Å². The van der Waals surface area contributed by atoms with Crippen LogP contribution in [0.25, 0.3) is 0 Å². The number of hydrogen-bond acceptors (Lipinski definition) is 3. The molecule has 2 N–H and O–H groups in total. The van der Waals surface area contributed by atoms with Crippen LogP contribution in [-0.2, 0) is 6.54 Å². The molecule has 0 aliphatic heterocycles. The minimum absolute atomic E-state index is 0. The Morgan fingerprint density at radius 2 is 1.89 bits per heavy atom. The number of nitrogens with zero attached hydrogens (tertiary/aromatic N) is 2. The molecular weight excluding hydrogens is 469 g/mol. The summed E-state index contributed by atoms with van der Waals surface area (Å²) in [4.78, 5) is 14.6. The van der Waals surface area contributed by atoms with Gasteiger partial charge in [0.2, 0.25) is 0 Å². The van der Waals surface area contributed by atoms with Gasteiger partial charge in [-0.2, -0.15) is 0 Å². The number of nitro groups is 1. The first-order valence-corrected chi connectivity index (χ1v) is 8.13. The summed E-state index contributed by atoms with van der Waals surface area (Å²) in [6.07, 6.45) is 0. The van der Waals surface area contributed by atoms with Crippen molar-refractivity contribution in [2.75, 3.05) is 6.54 Å². The third-order valence-corrected chi connectivity index (χ3v) is 3.69. The van der Waals surface area contributed by atoms with Gasteiger partial charge in [-0.1, -0.05) is 18.2 Å². The second-order valence-electron chi connectivity index (χ2n) is 5.65. The molecule has 0 aliphatic carbocycles. The van der Waals surface area contributed by atoms with Gasteiger partial charge >= 0.3 is 0 Å². The summed E-state index contributed by atoms with van der Waals surface area (Å²) in [5.74, 6) is -0.796. The summed E-state index contributed by atoms with van der Waals surface area (Å²) in [5, 5.41) is 16.8. The molecule has 2 rings (SSSR count). The van der Waals surface area contributed by atoms with Gasteiger partial charge < -0.3 is 10.6 Å². The Morgan fingerprint density at radius 1 is 1.22 bits per heavy atom. The Bertz CT molecular complexity index is 800. The summed E-state index contributed by atoms with van der Waals surface area (Å²) in [6.45, 7) is 4.54. The first-order valence-electron chi connectivity index (χ1n) is 8.13. The molecule has 6 nitrogen and oxygen atoms in total. The molecule has 0 spiro atoms. The number of rotatable bonds is 6. The minimum atomic E-state index is -0.629. The van der Waals surface area contributed by atoms with E-state index in [1.807, 2.05) is 6.92 Å². The van der Waals surface area contributed by atoms with Crippen LogP contribution in [0.2, 0.25) is 0 Å². The van der Waals surface area contributed by atoms with Gasteiger partial charge in [0.15, 0.2) is 5.96 Å². The van der Waals surface area contributed by atoms with E-state index in [4.69, 9.17) is 0 Å². The van der Waals surface area contributed by atoms with Crippen molar-refractivity contribution in [3.63, 3.8) is 0 Å². The van der Waals surface area contributed by atoms with E-state index in [2.05, 4.69) is 15.6 Å². The highest BCUT2D eigenvalue weighted by atomic mass is 127. The first kappa shape index (κ1) is 22.7. The van der Waals surface area contributed by atoms with Crippen LogP contribution in [-0.4, -0.2) is 17.4 Å². The van der Waals surface area contributed by atoms with Crippen molar-refractivity contribution in [2.45, 2.75) is 26.4 Å². The highest BCUT2D eigenvalue weighted by Gasteiger charge is 2.13. The Hall–Kier alpha value is -2.30. The zero-order valence-corrected chi connectivity index (χ0v) is 17.2. The third kappa shape index (κ3) is 6.74. The SMILES string of the molecule is CCNC(=NCc1ccc([N+](=O)[O-])cc1)NC(C)c1ccc(F)cc1F.I. The Morgan fingerprint density at radius 3 is 2.44 bits per heavy atom. The van der Waals surface area contributed by atoms with E-state index >= 15 is 0 Å². The van der Waals surface area contributed by atoms with Crippen LogP contribution >= 0.6 is 24.0 Å². The van der Waals surface area contributed by atoms with E-state index in [9.17, 15) is 18.9 Å². The fourth-order valence-electron chi connectivity index (χ4n) is 2.35. The normalized spacial score (nSPS) is 12.1. The van der Waals surface area contributed by atoms with Gasteiger partial charge in [0.25, 0.3) is 5.69 Å². The predicted octanol–water partition coefficient (Wildman–Crippen LogP) is 4.31. The Balaban J connectivity index is 0.00000364. The van der Waals surface area contributed by atoms with Gasteiger partial charge in [-0.25, -0.2) is 13.8 Å². The van der Waals surface area contributed by atoms with Gasteiger partial charge in [-0.3, -0.25) is 10.1 Å². The minimum Gasteiger partial charge on any atom is -0.357 e. The maximum Gasteiger partial charge on any atom is 0.269 e. The summed E-state index contributed by atoms with van der Waals surface area (Å²) in [7, 11) is 0. The second-order valence-corrected chi connectivity index (χ2v) is 5.65. The third-order valence-electron chi connectivity index (χ3n) is 3.69. The summed E-state index contributed by atoms with van der Waals surface area (Å²) < 4.78 is 26.9. The fraction of sp³-hybridized carbons (Fsp3) is 0.278. The molecule has 0 amide bonds. The highest BCUT2D eigenvalue weighted by molar-refractivity contribution is 14.0.